The first-order valence-electron chi connectivity index (χ1n) is 7.20. The summed E-state index contributed by atoms with van der Waals surface area (Å²) in [6.45, 7) is 0. The summed E-state index contributed by atoms with van der Waals surface area (Å²) in [6, 6.07) is 8.72. The highest BCUT2D eigenvalue weighted by atomic mass is 35.5. The summed E-state index contributed by atoms with van der Waals surface area (Å²) in [5, 5.41) is 19.3. The Hall–Kier alpha value is -3.18. The third-order valence-electron chi connectivity index (χ3n) is 3.41. The van der Waals surface area contributed by atoms with Crippen LogP contribution in [0.3, 0.4) is 0 Å². The monoisotopic (exact) mass is 375 g/mol. The van der Waals surface area contributed by atoms with Crippen molar-refractivity contribution < 1.29 is 13.2 Å². The predicted octanol–water partition coefficient (Wildman–Crippen LogP) is 4.58. The van der Waals surface area contributed by atoms with E-state index in [1.165, 1.54) is 6.08 Å². The van der Waals surface area contributed by atoms with Crippen molar-refractivity contribution in [2.45, 2.75) is 6.18 Å². The Kier molecular flexibility index (Phi) is 4.73. The molecule has 0 bridgehead atoms. The number of alkyl halides is 3. The molecule has 2 aromatic heterocycles. The minimum atomic E-state index is -4.44. The van der Waals surface area contributed by atoms with Gasteiger partial charge in [0.2, 0.25) is 0 Å². The quantitative estimate of drug-likeness (QED) is 0.726. The molecule has 0 radical (unpaired) electrons. The van der Waals surface area contributed by atoms with Crippen LogP contribution in [0.4, 0.5) is 13.2 Å². The molecule has 3 aromatic rings. The third-order valence-corrected chi connectivity index (χ3v) is 3.63. The SMILES string of the molecule is N#Cc1[nH]nnc1-c1cc(Cl)cc(/C=C/c2cc(C(F)(F)F)ccn2)c1. The number of aromatic nitrogens is 4. The van der Waals surface area contributed by atoms with Crippen LogP contribution in [-0.4, -0.2) is 20.4 Å². The lowest BCUT2D eigenvalue weighted by Crippen LogP contribution is -2.05. The fraction of sp³-hybridized carbons (Fsp3) is 0.0588. The van der Waals surface area contributed by atoms with Crippen molar-refractivity contribution in [3.63, 3.8) is 0 Å². The number of rotatable bonds is 3. The van der Waals surface area contributed by atoms with Crippen molar-refractivity contribution in [3.05, 3.63) is 64.1 Å². The van der Waals surface area contributed by atoms with Crippen molar-refractivity contribution in [2.75, 3.05) is 0 Å². The zero-order valence-electron chi connectivity index (χ0n) is 12.9. The molecule has 0 aliphatic rings. The van der Waals surface area contributed by atoms with Crippen LogP contribution in [0.1, 0.15) is 22.5 Å². The Morgan fingerprint density at radius 2 is 1.96 bits per heavy atom. The van der Waals surface area contributed by atoms with Gasteiger partial charge in [-0.05, 0) is 42.0 Å². The zero-order valence-corrected chi connectivity index (χ0v) is 13.7. The van der Waals surface area contributed by atoms with Crippen LogP contribution in [0, 0.1) is 11.3 Å². The molecule has 0 saturated heterocycles. The Balaban J connectivity index is 1.94. The van der Waals surface area contributed by atoms with Gasteiger partial charge in [0.25, 0.3) is 0 Å². The van der Waals surface area contributed by atoms with E-state index in [1.807, 2.05) is 6.07 Å². The molecule has 1 aromatic carbocycles. The lowest BCUT2D eigenvalue weighted by Gasteiger charge is -2.06. The molecule has 0 aliphatic heterocycles. The first kappa shape index (κ1) is 17.6. The van der Waals surface area contributed by atoms with Gasteiger partial charge in [-0.2, -0.15) is 18.4 Å². The molecule has 3 rings (SSSR count). The molecule has 2 heterocycles. The number of aromatic amines is 1. The van der Waals surface area contributed by atoms with Crippen molar-refractivity contribution in [2.24, 2.45) is 0 Å². The van der Waals surface area contributed by atoms with E-state index in [1.54, 1.807) is 24.3 Å². The molecule has 0 spiro atoms. The van der Waals surface area contributed by atoms with Gasteiger partial charge in [0.1, 0.15) is 11.8 Å². The smallest absolute Gasteiger partial charge is 0.257 e. The van der Waals surface area contributed by atoms with Gasteiger partial charge in [-0.1, -0.05) is 22.9 Å². The lowest BCUT2D eigenvalue weighted by atomic mass is 10.1. The third kappa shape index (κ3) is 3.90. The van der Waals surface area contributed by atoms with Gasteiger partial charge in [-0.25, -0.2) is 5.10 Å². The fourth-order valence-electron chi connectivity index (χ4n) is 2.25. The van der Waals surface area contributed by atoms with E-state index >= 15 is 0 Å². The maximum Gasteiger partial charge on any atom is 0.416 e. The highest BCUT2D eigenvalue weighted by molar-refractivity contribution is 6.31. The number of H-pyrrole nitrogens is 1. The average molecular weight is 376 g/mol. The second-order valence-corrected chi connectivity index (χ2v) is 5.66. The molecule has 1 N–H and O–H groups in total. The van der Waals surface area contributed by atoms with Crippen molar-refractivity contribution in [1.29, 1.82) is 5.26 Å². The summed E-state index contributed by atoms with van der Waals surface area (Å²) in [6.07, 6.45) is -0.321. The molecular formula is C17H9ClF3N5. The van der Waals surface area contributed by atoms with Gasteiger partial charge < -0.3 is 0 Å². The molecule has 0 saturated carbocycles. The van der Waals surface area contributed by atoms with Crippen molar-refractivity contribution >= 4 is 23.8 Å². The van der Waals surface area contributed by atoms with Crippen molar-refractivity contribution in [3.8, 4) is 17.3 Å². The maximum absolute atomic E-state index is 12.8. The number of hydrogen-bond donors (Lipinski definition) is 1. The van der Waals surface area contributed by atoms with Crippen LogP contribution >= 0.6 is 11.6 Å². The number of nitrogens with one attached hydrogen (secondary N) is 1. The molecular weight excluding hydrogens is 367 g/mol. The molecule has 0 atom stereocenters. The summed E-state index contributed by atoms with van der Waals surface area (Å²) in [7, 11) is 0. The van der Waals surface area contributed by atoms with Crippen LogP contribution in [-0.2, 0) is 6.18 Å². The summed E-state index contributed by atoms with van der Waals surface area (Å²) >= 11 is 6.09. The van der Waals surface area contributed by atoms with Crippen molar-refractivity contribution in [1.82, 2.24) is 20.4 Å². The highest BCUT2D eigenvalue weighted by Crippen LogP contribution is 2.29. The number of pyridine rings is 1. The standard InChI is InChI=1S/C17H9ClF3N5/c18-13-6-10(5-11(7-13)16-15(9-22)24-26-25-16)1-2-14-8-12(3-4-23-14)17(19,20)21/h1-8H,(H,24,25,26)/b2-1+. The van der Waals surface area contributed by atoms with E-state index in [0.717, 1.165) is 18.3 Å². The Bertz CT molecular complexity index is 1020. The molecule has 130 valence electrons. The average Bonchev–Trinajstić information content (AvgIpc) is 3.08. The second kappa shape index (κ2) is 6.98. The van der Waals surface area contributed by atoms with Gasteiger partial charge in [0, 0.05) is 16.8 Å². The highest BCUT2D eigenvalue weighted by Gasteiger charge is 2.30. The molecule has 0 unspecified atom stereocenters. The molecule has 0 aliphatic carbocycles. The Morgan fingerprint density at radius 1 is 1.15 bits per heavy atom. The maximum atomic E-state index is 12.8. The largest absolute Gasteiger partial charge is 0.416 e. The van der Waals surface area contributed by atoms with Gasteiger partial charge in [-0.3, -0.25) is 4.98 Å². The van der Waals surface area contributed by atoms with E-state index < -0.39 is 11.7 Å². The van der Waals surface area contributed by atoms with E-state index in [-0.39, 0.29) is 11.4 Å². The van der Waals surface area contributed by atoms with Crippen LogP contribution in [0.25, 0.3) is 23.4 Å². The van der Waals surface area contributed by atoms with Crippen LogP contribution in [0.15, 0.2) is 36.5 Å². The van der Waals surface area contributed by atoms with E-state index in [4.69, 9.17) is 16.9 Å². The molecule has 9 heteroatoms. The van der Waals surface area contributed by atoms with E-state index in [2.05, 4.69) is 20.4 Å². The number of nitriles is 1. The van der Waals surface area contributed by atoms with Gasteiger partial charge in [0.15, 0.2) is 5.69 Å². The zero-order chi connectivity index (χ0) is 18.7. The van der Waals surface area contributed by atoms with Gasteiger partial charge >= 0.3 is 6.18 Å². The second-order valence-electron chi connectivity index (χ2n) is 5.22. The summed E-state index contributed by atoms with van der Waals surface area (Å²) in [5.41, 5.74) is 1.06. The van der Waals surface area contributed by atoms with E-state index in [0.29, 0.717) is 21.8 Å². The Labute approximate surface area is 150 Å². The summed E-state index contributed by atoms with van der Waals surface area (Å²) in [5.74, 6) is 0. The van der Waals surface area contributed by atoms with Gasteiger partial charge in [-0.15, -0.1) is 5.10 Å². The Morgan fingerprint density at radius 3 is 2.69 bits per heavy atom. The molecule has 0 fully saturated rings. The van der Waals surface area contributed by atoms with E-state index in [9.17, 15) is 13.2 Å². The topological polar surface area (TPSA) is 78.2 Å². The molecule has 26 heavy (non-hydrogen) atoms. The van der Waals surface area contributed by atoms with Crippen LogP contribution in [0.5, 0.6) is 0 Å². The molecule has 5 nitrogen and oxygen atoms in total. The predicted molar refractivity (Wildman–Crippen MR) is 89.7 cm³/mol. The number of benzene rings is 1. The minimum Gasteiger partial charge on any atom is -0.257 e. The minimum absolute atomic E-state index is 0.153. The van der Waals surface area contributed by atoms with Crippen LogP contribution < -0.4 is 0 Å². The number of hydrogen-bond acceptors (Lipinski definition) is 4. The normalized spacial score (nSPS) is 11.7. The molecule has 0 amide bonds. The summed E-state index contributed by atoms with van der Waals surface area (Å²) in [4.78, 5) is 3.90. The fourth-order valence-corrected chi connectivity index (χ4v) is 2.49. The van der Waals surface area contributed by atoms with Crippen LogP contribution in [0.2, 0.25) is 5.02 Å². The first-order valence-corrected chi connectivity index (χ1v) is 7.58. The number of nitrogens with zero attached hydrogens (tertiary/aromatic N) is 4. The lowest BCUT2D eigenvalue weighted by molar-refractivity contribution is -0.137. The summed E-state index contributed by atoms with van der Waals surface area (Å²) < 4.78 is 38.3. The first-order chi connectivity index (χ1) is 12.4. The van der Waals surface area contributed by atoms with Gasteiger partial charge in [0.05, 0.1) is 11.3 Å². The number of halogens is 4.